The van der Waals surface area contributed by atoms with Gasteiger partial charge in [0, 0.05) is 23.6 Å². The molecule has 0 amide bonds. The quantitative estimate of drug-likeness (QED) is 0.220. The molecular formula is C37H38N2O2. The number of aromatic hydroxyl groups is 2. The number of fused-ring (bicyclic) bond motifs is 2. The maximum atomic E-state index is 11.1. The zero-order valence-electron chi connectivity index (χ0n) is 23.9. The number of nitrogens with zero attached hydrogens (tertiary/aromatic N) is 2. The molecule has 2 bridgehead atoms. The molecule has 4 aromatic rings. The fourth-order valence-electron chi connectivity index (χ4n) is 6.74. The van der Waals surface area contributed by atoms with Crippen LogP contribution in [0, 0.1) is 5.92 Å². The van der Waals surface area contributed by atoms with E-state index < -0.39 is 0 Å². The summed E-state index contributed by atoms with van der Waals surface area (Å²) >= 11 is 0. The summed E-state index contributed by atoms with van der Waals surface area (Å²) in [6, 6.07) is 28.9. The van der Waals surface area contributed by atoms with Crippen LogP contribution >= 0.6 is 0 Å². The summed E-state index contributed by atoms with van der Waals surface area (Å²) in [4.78, 5) is 10.3. The molecule has 3 unspecified atom stereocenters. The summed E-state index contributed by atoms with van der Waals surface area (Å²) in [6.07, 6.45) is 9.43. The number of phenols is 2. The number of rotatable bonds is 8. The second-order valence-electron chi connectivity index (χ2n) is 11.6. The fourth-order valence-corrected chi connectivity index (χ4v) is 6.74. The zero-order valence-corrected chi connectivity index (χ0v) is 23.9. The zero-order chi connectivity index (χ0) is 28.4. The van der Waals surface area contributed by atoms with Crippen molar-refractivity contribution in [3.05, 3.63) is 107 Å². The Morgan fingerprint density at radius 1 is 0.732 bits per heavy atom. The molecule has 0 spiro atoms. The molecule has 4 aromatic carbocycles. The molecule has 2 aliphatic carbocycles. The van der Waals surface area contributed by atoms with E-state index in [4.69, 9.17) is 9.98 Å². The number of phenolic OH excluding ortho intramolecular Hbond substituents is 2. The van der Waals surface area contributed by atoms with Crippen LogP contribution in [0.15, 0.2) is 94.9 Å². The summed E-state index contributed by atoms with van der Waals surface area (Å²) in [7, 11) is 0. The third kappa shape index (κ3) is 5.31. The predicted molar refractivity (Wildman–Crippen MR) is 170 cm³/mol. The van der Waals surface area contributed by atoms with E-state index in [1.54, 1.807) is 0 Å². The molecule has 2 N–H and O–H groups in total. The van der Waals surface area contributed by atoms with Gasteiger partial charge in [0.25, 0.3) is 0 Å². The highest BCUT2D eigenvalue weighted by molar-refractivity contribution is 5.89. The smallest absolute Gasteiger partial charge is 0.127 e. The van der Waals surface area contributed by atoms with Crippen LogP contribution in [-0.4, -0.2) is 34.2 Å². The Morgan fingerprint density at radius 3 is 1.78 bits per heavy atom. The van der Waals surface area contributed by atoms with Crippen LogP contribution in [0.4, 0.5) is 0 Å². The SMILES string of the molecule is CCc1cc(-c2ccccc2)cc(C=NC2CC3CCC2(N=Cc2cc(-c4ccccc4)cc(CC)c2O)C3)c1O. The first-order valence-corrected chi connectivity index (χ1v) is 14.9. The topological polar surface area (TPSA) is 65.2 Å². The lowest BCUT2D eigenvalue weighted by Gasteiger charge is -2.28. The van der Waals surface area contributed by atoms with Crippen molar-refractivity contribution in [1.82, 2.24) is 0 Å². The van der Waals surface area contributed by atoms with Gasteiger partial charge in [-0.25, -0.2) is 0 Å². The highest BCUT2D eigenvalue weighted by Crippen LogP contribution is 2.52. The van der Waals surface area contributed by atoms with E-state index in [-0.39, 0.29) is 11.6 Å². The van der Waals surface area contributed by atoms with Crippen molar-refractivity contribution >= 4 is 12.4 Å². The Labute approximate surface area is 243 Å². The molecule has 2 saturated carbocycles. The molecule has 41 heavy (non-hydrogen) atoms. The summed E-state index contributed by atoms with van der Waals surface area (Å²) in [5.74, 6) is 1.24. The van der Waals surface area contributed by atoms with Crippen LogP contribution < -0.4 is 0 Å². The molecule has 2 aliphatic rings. The van der Waals surface area contributed by atoms with Crippen LogP contribution in [-0.2, 0) is 12.8 Å². The van der Waals surface area contributed by atoms with Crippen LogP contribution in [0.25, 0.3) is 22.3 Å². The van der Waals surface area contributed by atoms with Crippen LogP contribution in [0.2, 0.25) is 0 Å². The Hall–Kier alpha value is -4.18. The fraction of sp³-hybridized carbons (Fsp3) is 0.297. The summed E-state index contributed by atoms with van der Waals surface area (Å²) in [5.41, 5.74) is 7.52. The third-order valence-electron chi connectivity index (χ3n) is 9.07. The van der Waals surface area contributed by atoms with Crippen LogP contribution in [0.1, 0.15) is 61.8 Å². The monoisotopic (exact) mass is 542 g/mol. The lowest BCUT2D eigenvalue weighted by atomic mass is 9.89. The number of aliphatic imine (C=N–C) groups is 2. The number of aryl methyl sites for hydroxylation is 2. The second kappa shape index (κ2) is 11.4. The normalized spacial score (nSPS) is 21.8. The van der Waals surface area contributed by atoms with Crippen molar-refractivity contribution in [2.75, 3.05) is 0 Å². The maximum Gasteiger partial charge on any atom is 0.127 e. The second-order valence-corrected chi connectivity index (χ2v) is 11.6. The highest BCUT2D eigenvalue weighted by Gasteiger charge is 2.52. The molecule has 0 aliphatic heterocycles. The van der Waals surface area contributed by atoms with E-state index in [0.717, 1.165) is 83.0 Å². The van der Waals surface area contributed by atoms with Gasteiger partial charge in [-0.15, -0.1) is 0 Å². The number of benzene rings is 4. The molecule has 6 rings (SSSR count). The molecule has 0 aromatic heterocycles. The van der Waals surface area contributed by atoms with E-state index >= 15 is 0 Å². The van der Waals surface area contributed by atoms with Crippen molar-refractivity contribution in [3.63, 3.8) is 0 Å². The van der Waals surface area contributed by atoms with Crippen molar-refractivity contribution < 1.29 is 10.2 Å². The van der Waals surface area contributed by atoms with E-state index in [2.05, 4.69) is 50.2 Å². The average Bonchev–Trinajstić information content (AvgIpc) is 3.59. The van der Waals surface area contributed by atoms with Crippen molar-refractivity contribution in [2.24, 2.45) is 15.9 Å². The maximum absolute atomic E-state index is 11.1. The minimum absolute atomic E-state index is 0.0486. The van der Waals surface area contributed by atoms with Gasteiger partial charge in [0.2, 0.25) is 0 Å². The van der Waals surface area contributed by atoms with E-state index in [1.165, 1.54) is 0 Å². The van der Waals surface area contributed by atoms with Crippen molar-refractivity contribution in [1.29, 1.82) is 0 Å². The van der Waals surface area contributed by atoms with E-state index in [0.29, 0.717) is 17.4 Å². The van der Waals surface area contributed by atoms with Gasteiger partial charge in [-0.05, 0) is 102 Å². The summed E-state index contributed by atoms with van der Waals surface area (Å²) < 4.78 is 0. The molecular weight excluding hydrogens is 504 g/mol. The number of hydrogen-bond acceptors (Lipinski definition) is 4. The average molecular weight is 543 g/mol. The predicted octanol–water partition coefficient (Wildman–Crippen LogP) is 8.41. The highest BCUT2D eigenvalue weighted by atomic mass is 16.3. The third-order valence-corrected chi connectivity index (χ3v) is 9.07. The first-order chi connectivity index (χ1) is 20.0. The van der Waals surface area contributed by atoms with Gasteiger partial charge in [0.05, 0.1) is 11.6 Å². The van der Waals surface area contributed by atoms with Gasteiger partial charge in [0.15, 0.2) is 0 Å². The molecule has 2 fully saturated rings. The minimum Gasteiger partial charge on any atom is -0.507 e. The Balaban J connectivity index is 1.32. The van der Waals surface area contributed by atoms with Gasteiger partial charge in [-0.2, -0.15) is 0 Å². The summed E-state index contributed by atoms with van der Waals surface area (Å²) in [5, 5.41) is 22.1. The first-order valence-electron chi connectivity index (χ1n) is 14.9. The molecule has 208 valence electrons. The first kappa shape index (κ1) is 27.0. The van der Waals surface area contributed by atoms with Crippen LogP contribution in [0.3, 0.4) is 0 Å². The Kier molecular flexibility index (Phi) is 7.49. The van der Waals surface area contributed by atoms with Gasteiger partial charge < -0.3 is 10.2 Å². The molecule has 0 heterocycles. The molecule has 3 atom stereocenters. The minimum atomic E-state index is -0.275. The lowest BCUT2D eigenvalue weighted by Crippen LogP contribution is -2.34. The standard InChI is InChI=1S/C37H38N2O2/c1-3-26-18-30(28-11-7-5-8-12-28)20-32(35(26)40)23-38-34-17-25-15-16-37(34,22-25)39-24-33-21-31(19-27(4-2)36(33)41)29-13-9-6-10-14-29/h5-14,18-21,23-25,34,40-41H,3-4,15-17,22H2,1-2H3. The lowest BCUT2D eigenvalue weighted by molar-refractivity contribution is 0.367. The van der Waals surface area contributed by atoms with Gasteiger partial charge in [-0.3, -0.25) is 9.98 Å². The Bertz CT molecular complexity index is 1590. The van der Waals surface area contributed by atoms with Crippen molar-refractivity contribution in [2.45, 2.75) is 64.0 Å². The number of hydrogen-bond donors (Lipinski definition) is 2. The van der Waals surface area contributed by atoms with E-state index in [1.807, 2.05) is 61.0 Å². The molecule has 4 heteroatoms. The molecule has 4 nitrogen and oxygen atoms in total. The summed E-state index contributed by atoms with van der Waals surface area (Å²) in [6.45, 7) is 4.13. The van der Waals surface area contributed by atoms with Gasteiger partial charge in [0.1, 0.15) is 11.5 Å². The van der Waals surface area contributed by atoms with E-state index in [9.17, 15) is 10.2 Å². The van der Waals surface area contributed by atoms with Crippen molar-refractivity contribution in [3.8, 4) is 33.8 Å². The van der Waals surface area contributed by atoms with Gasteiger partial charge >= 0.3 is 0 Å². The van der Waals surface area contributed by atoms with Crippen LogP contribution in [0.5, 0.6) is 11.5 Å². The molecule has 0 saturated heterocycles. The van der Waals surface area contributed by atoms with Gasteiger partial charge in [-0.1, -0.05) is 74.5 Å². The Morgan fingerprint density at radius 2 is 1.27 bits per heavy atom. The largest absolute Gasteiger partial charge is 0.507 e. The molecule has 0 radical (unpaired) electrons.